The second-order valence-corrected chi connectivity index (χ2v) is 10.6. The number of hydrogen-bond donors (Lipinski definition) is 0. The molecule has 0 aromatic heterocycles. The average molecular weight is 565 g/mol. The summed E-state index contributed by atoms with van der Waals surface area (Å²) < 4.78 is 0. The van der Waals surface area contributed by atoms with Crippen molar-refractivity contribution in [3.05, 3.63) is 118 Å². The fourth-order valence-corrected chi connectivity index (χ4v) is 6.37. The van der Waals surface area contributed by atoms with E-state index < -0.39 is 0 Å². The van der Waals surface area contributed by atoms with Gasteiger partial charge in [0.1, 0.15) is 0 Å². The van der Waals surface area contributed by atoms with Crippen LogP contribution in [0.15, 0.2) is 96.1 Å². The maximum atomic E-state index is 2.61. The van der Waals surface area contributed by atoms with Gasteiger partial charge in [-0.3, -0.25) is 0 Å². The van der Waals surface area contributed by atoms with Gasteiger partial charge in [0.15, 0.2) is 0 Å². The largest absolute Gasteiger partial charge is 2.00 e. The zero-order valence-corrected chi connectivity index (χ0v) is 24.0. The van der Waals surface area contributed by atoms with E-state index >= 15 is 0 Å². The normalized spacial score (nSPS) is 21.7. The summed E-state index contributed by atoms with van der Waals surface area (Å²) in [7, 11) is 0. The molecule has 3 heteroatoms. The van der Waals surface area contributed by atoms with Crippen molar-refractivity contribution in [3.8, 4) is 11.1 Å². The molecule has 0 heterocycles. The van der Waals surface area contributed by atoms with E-state index in [0.29, 0.717) is 5.92 Å². The SMILES string of the molecule is CC(C)(C)C1=CC2C(=C1)CCC2(c1ccccc1)c1cccc2c1Cc1ccccc1-2.[Cl-].[Cl-].[Zr+2]. The summed E-state index contributed by atoms with van der Waals surface area (Å²) in [5.41, 5.74) is 12.2. The van der Waals surface area contributed by atoms with E-state index in [1.807, 2.05) is 0 Å². The molecule has 3 aliphatic carbocycles. The summed E-state index contributed by atoms with van der Waals surface area (Å²) in [6.45, 7) is 7.04. The van der Waals surface area contributed by atoms with E-state index in [-0.39, 0.29) is 61.8 Å². The summed E-state index contributed by atoms with van der Waals surface area (Å²) in [5.74, 6) is 0.458. The fraction of sp³-hybridized carbons (Fsp3) is 0.290. The van der Waals surface area contributed by atoms with Crippen LogP contribution in [-0.4, -0.2) is 0 Å². The van der Waals surface area contributed by atoms with Gasteiger partial charge in [0, 0.05) is 11.3 Å². The third-order valence-corrected chi connectivity index (χ3v) is 7.91. The van der Waals surface area contributed by atoms with Crippen LogP contribution in [0.4, 0.5) is 0 Å². The van der Waals surface area contributed by atoms with Crippen molar-refractivity contribution < 1.29 is 51.0 Å². The zero-order chi connectivity index (χ0) is 21.2. The van der Waals surface area contributed by atoms with E-state index in [1.165, 1.54) is 40.7 Å². The molecule has 3 aromatic rings. The minimum absolute atomic E-state index is 0. The molecule has 0 aliphatic heterocycles. The molecular formula is C31H30Cl2Zr. The quantitative estimate of drug-likeness (QED) is 0.349. The average Bonchev–Trinajstić information content (AvgIpc) is 3.46. The van der Waals surface area contributed by atoms with Crippen molar-refractivity contribution in [2.75, 3.05) is 0 Å². The van der Waals surface area contributed by atoms with Crippen LogP contribution in [0, 0.1) is 11.3 Å². The Balaban J connectivity index is 0.00000108. The van der Waals surface area contributed by atoms with Gasteiger partial charge in [-0.2, -0.15) is 0 Å². The topological polar surface area (TPSA) is 0 Å². The molecule has 2 unspecified atom stereocenters. The molecule has 0 saturated heterocycles. The van der Waals surface area contributed by atoms with Gasteiger partial charge in [0.05, 0.1) is 0 Å². The summed E-state index contributed by atoms with van der Waals surface area (Å²) >= 11 is 0. The van der Waals surface area contributed by atoms with Crippen molar-refractivity contribution in [3.63, 3.8) is 0 Å². The van der Waals surface area contributed by atoms with Gasteiger partial charge in [-0.15, -0.1) is 0 Å². The van der Waals surface area contributed by atoms with E-state index in [9.17, 15) is 0 Å². The van der Waals surface area contributed by atoms with Gasteiger partial charge in [-0.1, -0.05) is 111 Å². The second-order valence-electron chi connectivity index (χ2n) is 10.6. The minimum Gasteiger partial charge on any atom is -1.00 e. The van der Waals surface area contributed by atoms with Crippen LogP contribution in [0.1, 0.15) is 55.9 Å². The van der Waals surface area contributed by atoms with Crippen LogP contribution in [0.25, 0.3) is 11.1 Å². The smallest absolute Gasteiger partial charge is 1.00 e. The van der Waals surface area contributed by atoms with Crippen LogP contribution in [-0.2, 0) is 38.0 Å². The predicted octanol–water partition coefficient (Wildman–Crippen LogP) is 1.87. The Labute approximate surface area is 235 Å². The van der Waals surface area contributed by atoms with Crippen LogP contribution in [0.5, 0.6) is 0 Å². The van der Waals surface area contributed by atoms with Crippen molar-refractivity contribution in [1.29, 1.82) is 0 Å². The minimum atomic E-state index is 0. The van der Waals surface area contributed by atoms with Gasteiger partial charge >= 0.3 is 26.2 Å². The Morgan fingerprint density at radius 1 is 0.794 bits per heavy atom. The number of fused-ring (bicyclic) bond motifs is 4. The van der Waals surface area contributed by atoms with Crippen LogP contribution < -0.4 is 24.8 Å². The summed E-state index contributed by atoms with van der Waals surface area (Å²) in [6, 6.07) is 27.4. The number of benzene rings is 3. The Bertz CT molecular complexity index is 1250. The van der Waals surface area contributed by atoms with Crippen molar-refractivity contribution >= 4 is 0 Å². The van der Waals surface area contributed by atoms with Crippen molar-refractivity contribution in [2.45, 2.75) is 45.4 Å². The molecule has 172 valence electrons. The standard InChI is InChI=1S/C31H30.2ClH.Zr/c1-30(2,3)24-18-22-16-17-31(29(22)20-24,23-11-5-4-6-12-23)28-15-9-14-26-25-13-8-7-10-21(25)19-27(26)28;;;/h4-15,18,20,29H,16-17,19H2,1-3H3;2*1H;/q;;;+2/p-2. The molecule has 34 heavy (non-hydrogen) atoms. The summed E-state index contributed by atoms with van der Waals surface area (Å²) in [5, 5.41) is 0. The maximum absolute atomic E-state index is 2.61. The molecule has 0 spiro atoms. The van der Waals surface area contributed by atoms with Crippen LogP contribution in [0.3, 0.4) is 0 Å². The van der Waals surface area contributed by atoms with E-state index in [1.54, 1.807) is 16.7 Å². The molecule has 2 atom stereocenters. The Hall–Kier alpha value is -1.40. The Morgan fingerprint density at radius 2 is 1.47 bits per heavy atom. The monoisotopic (exact) mass is 562 g/mol. The second kappa shape index (κ2) is 9.93. The molecule has 1 saturated carbocycles. The molecule has 0 amide bonds. The molecule has 3 aliphatic rings. The van der Waals surface area contributed by atoms with Gasteiger partial charge in [-0.25, -0.2) is 0 Å². The number of allylic oxidation sites excluding steroid dienone is 4. The fourth-order valence-electron chi connectivity index (χ4n) is 6.37. The first-order valence-electron chi connectivity index (χ1n) is 11.7. The molecule has 0 bridgehead atoms. The first-order valence-corrected chi connectivity index (χ1v) is 11.7. The van der Waals surface area contributed by atoms with Crippen LogP contribution >= 0.6 is 0 Å². The number of hydrogen-bond acceptors (Lipinski definition) is 0. The maximum Gasteiger partial charge on any atom is 2.00 e. The molecule has 1 fully saturated rings. The predicted molar refractivity (Wildman–Crippen MR) is 130 cm³/mol. The molecule has 6 rings (SSSR count). The van der Waals surface area contributed by atoms with E-state index in [4.69, 9.17) is 0 Å². The molecule has 0 nitrogen and oxygen atoms in total. The Kier molecular flexibility index (Phi) is 7.94. The van der Waals surface area contributed by atoms with Gasteiger partial charge in [0.25, 0.3) is 0 Å². The number of halogens is 2. The number of rotatable bonds is 2. The molecular weight excluding hydrogens is 534 g/mol. The van der Waals surface area contributed by atoms with Gasteiger partial charge in [-0.05, 0) is 63.6 Å². The van der Waals surface area contributed by atoms with E-state index in [0.717, 1.165) is 6.42 Å². The molecule has 3 aromatic carbocycles. The van der Waals surface area contributed by atoms with E-state index in [2.05, 4.69) is 106 Å². The van der Waals surface area contributed by atoms with Crippen LogP contribution in [0.2, 0.25) is 0 Å². The zero-order valence-electron chi connectivity index (χ0n) is 20.0. The summed E-state index contributed by atoms with van der Waals surface area (Å²) in [6.07, 6.45) is 8.56. The first kappa shape index (κ1) is 27.2. The van der Waals surface area contributed by atoms with Crippen molar-refractivity contribution in [2.24, 2.45) is 11.3 Å². The Morgan fingerprint density at radius 3 is 2.21 bits per heavy atom. The summed E-state index contributed by atoms with van der Waals surface area (Å²) in [4.78, 5) is 0. The van der Waals surface area contributed by atoms with Crippen molar-refractivity contribution in [1.82, 2.24) is 0 Å². The molecule has 0 N–H and O–H groups in total. The first-order chi connectivity index (χ1) is 15.0. The molecule has 0 radical (unpaired) electrons. The van der Waals surface area contributed by atoms with Gasteiger partial charge in [0.2, 0.25) is 0 Å². The van der Waals surface area contributed by atoms with Gasteiger partial charge < -0.3 is 24.8 Å². The third-order valence-electron chi connectivity index (χ3n) is 7.91. The third kappa shape index (κ3) is 4.03.